The van der Waals surface area contributed by atoms with E-state index in [-0.39, 0.29) is 12.5 Å². The number of morpholine rings is 1. The summed E-state index contributed by atoms with van der Waals surface area (Å²) in [6.45, 7) is 4.73. The van der Waals surface area contributed by atoms with Gasteiger partial charge in [0.15, 0.2) is 0 Å². The summed E-state index contributed by atoms with van der Waals surface area (Å²) < 4.78 is 39.2. The summed E-state index contributed by atoms with van der Waals surface area (Å²) in [6, 6.07) is 7.91. The van der Waals surface area contributed by atoms with Crippen LogP contribution < -0.4 is 0 Å². The molecule has 4 rings (SSSR count). The molecule has 2 aromatic rings. The summed E-state index contributed by atoms with van der Waals surface area (Å²) in [6.07, 6.45) is 2.50. The quantitative estimate of drug-likeness (QED) is 0.799. The summed E-state index contributed by atoms with van der Waals surface area (Å²) in [5, 5.41) is 8.06. The third-order valence-electron chi connectivity index (χ3n) is 4.94. The zero-order valence-corrected chi connectivity index (χ0v) is 16.3. The van der Waals surface area contributed by atoms with Crippen LogP contribution in [0.1, 0.15) is 55.2 Å². The molecule has 0 radical (unpaired) electrons. The number of fused-ring (bicyclic) bond motifs is 1. The summed E-state index contributed by atoms with van der Waals surface area (Å²) in [7, 11) is -3.55. The Hall–Kier alpha value is -2.03. The lowest BCUT2D eigenvalue weighted by Crippen LogP contribution is -2.43. The molecule has 0 N–H and O–H groups in total. The number of nitrogens with zero attached hydrogens (tertiary/aromatic N) is 3. The molecule has 27 heavy (non-hydrogen) atoms. The van der Waals surface area contributed by atoms with E-state index in [1.165, 1.54) is 9.87 Å². The highest BCUT2D eigenvalue weighted by atomic mass is 32.2. The fourth-order valence-corrected chi connectivity index (χ4v) is 4.99. The van der Waals surface area contributed by atoms with Gasteiger partial charge in [0.05, 0.1) is 11.5 Å². The van der Waals surface area contributed by atoms with Crippen LogP contribution in [0, 0.1) is 0 Å². The van der Waals surface area contributed by atoms with E-state index in [9.17, 15) is 8.42 Å². The monoisotopic (exact) mass is 389 g/mol. The van der Waals surface area contributed by atoms with Crippen LogP contribution in [0.5, 0.6) is 0 Å². The van der Waals surface area contributed by atoms with Gasteiger partial charge in [-0.25, -0.2) is 8.42 Å². The maximum Gasteiger partial charge on any atom is 0.246 e. The van der Waals surface area contributed by atoms with E-state index in [4.69, 9.17) is 9.15 Å². The molecule has 2 heterocycles. The Morgan fingerprint density at radius 2 is 2.00 bits per heavy atom. The fourth-order valence-electron chi connectivity index (χ4n) is 3.38. The molecule has 144 valence electrons. The Morgan fingerprint density at radius 1 is 1.19 bits per heavy atom. The maximum absolute atomic E-state index is 13.2. The SMILES string of the molecule is CC(C)c1nnc([C@H]2CN(S(=O)(=O)C3=Cc4ccccc4CC3)CCO2)o1. The summed E-state index contributed by atoms with van der Waals surface area (Å²) in [5.41, 5.74) is 2.16. The van der Waals surface area contributed by atoms with Gasteiger partial charge in [-0.15, -0.1) is 10.2 Å². The lowest BCUT2D eigenvalue weighted by atomic mass is 9.98. The van der Waals surface area contributed by atoms with Crippen LogP contribution in [-0.2, 0) is 21.2 Å². The number of sulfonamides is 1. The van der Waals surface area contributed by atoms with Crippen molar-refractivity contribution >= 4 is 16.1 Å². The molecule has 0 saturated carbocycles. The molecular formula is C19H23N3O4S. The number of aryl methyl sites for hydroxylation is 1. The second-order valence-electron chi connectivity index (χ2n) is 7.17. The van der Waals surface area contributed by atoms with Crippen LogP contribution in [0.2, 0.25) is 0 Å². The van der Waals surface area contributed by atoms with Gasteiger partial charge in [0.25, 0.3) is 0 Å². The highest BCUT2D eigenvalue weighted by Gasteiger charge is 2.35. The van der Waals surface area contributed by atoms with Crippen molar-refractivity contribution in [3.63, 3.8) is 0 Å². The largest absolute Gasteiger partial charge is 0.422 e. The molecule has 1 saturated heterocycles. The summed E-state index contributed by atoms with van der Waals surface area (Å²) in [4.78, 5) is 0.454. The molecule has 0 spiro atoms. The minimum atomic E-state index is -3.55. The average molecular weight is 389 g/mol. The van der Waals surface area contributed by atoms with E-state index in [1.54, 1.807) is 6.08 Å². The third kappa shape index (κ3) is 3.56. The lowest BCUT2D eigenvalue weighted by Gasteiger charge is -2.31. The normalized spacial score (nSPS) is 21.1. The van der Waals surface area contributed by atoms with Crippen LogP contribution in [0.4, 0.5) is 0 Å². The van der Waals surface area contributed by atoms with Gasteiger partial charge in [-0.2, -0.15) is 4.31 Å². The highest BCUT2D eigenvalue weighted by Crippen LogP contribution is 2.31. The second-order valence-corrected chi connectivity index (χ2v) is 9.16. The zero-order chi connectivity index (χ0) is 19.0. The van der Waals surface area contributed by atoms with E-state index in [0.29, 0.717) is 36.3 Å². The van der Waals surface area contributed by atoms with Gasteiger partial charge in [0.2, 0.25) is 21.8 Å². The second kappa shape index (κ2) is 7.18. The lowest BCUT2D eigenvalue weighted by molar-refractivity contribution is -0.0176. The Morgan fingerprint density at radius 3 is 2.78 bits per heavy atom. The molecule has 1 aliphatic carbocycles. The molecule has 1 atom stereocenters. The smallest absolute Gasteiger partial charge is 0.246 e. The topological polar surface area (TPSA) is 85.5 Å². The Kier molecular flexibility index (Phi) is 4.88. The van der Waals surface area contributed by atoms with Crippen LogP contribution in [0.15, 0.2) is 33.6 Å². The van der Waals surface area contributed by atoms with E-state index in [1.807, 2.05) is 38.1 Å². The van der Waals surface area contributed by atoms with E-state index in [2.05, 4.69) is 10.2 Å². The van der Waals surface area contributed by atoms with Crippen LogP contribution in [0.25, 0.3) is 6.08 Å². The molecule has 0 amide bonds. The predicted octanol–water partition coefficient (Wildman–Crippen LogP) is 2.88. The number of ether oxygens (including phenoxy) is 1. The first kappa shape index (κ1) is 18.3. The highest BCUT2D eigenvalue weighted by molar-refractivity contribution is 7.93. The molecule has 0 bridgehead atoms. The van der Waals surface area contributed by atoms with Crippen molar-refractivity contribution in [3.8, 4) is 0 Å². The number of hydrogen-bond donors (Lipinski definition) is 0. The van der Waals surface area contributed by atoms with Gasteiger partial charge in [-0.1, -0.05) is 38.1 Å². The average Bonchev–Trinajstić information content (AvgIpc) is 3.18. The van der Waals surface area contributed by atoms with E-state index < -0.39 is 16.1 Å². The maximum atomic E-state index is 13.2. The number of benzene rings is 1. The molecule has 8 heteroatoms. The summed E-state index contributed by atoms with van der Waals surface area (Å²) >= 11 is 0. The molecule has 7 nitrogen and oxygen atoms in total. The molecule has 1 aromatic carbocycles. The van der Waals surface area contributed by atoms with Crippen molar-refractivity contribution in [2.45, 2.75) is 38.7 Å². The molecule has 0 unspecified atom stereocenters. The third-order valence-corrected chi connectivity index (χ3v) is 6.93. The van der Waals surface area contributed by atoms with Crippen LogP contribution in [-0.4, -0.2) is 42.6 Å². The van der Waals surface area contributed by atoms with Crippen molar-refractivity contribution in [2.24, 2.45) is 0 Å². The summed E-state index contributed by atoms with van der Waals surface area (Å²) in [5.74, 6) is 0.976. The fraction of sp³-hybridized carbons (Fsp3) is 0.474. The Bertz CT molecular complexity index is 965. The van der Waals surface area contributed by atoms with E-state index in [0.717, 1.165) is 12.0 Å². The van der Waals surface area contributed by atoms with Gasteiger partial charge in [-0.3, -0.25) is 0 Å². The van der Waals surface area contributed by atoms with Crippen molar-refractivity contribution in [2.75, 3.05) is 19.7 Å². The molecule has 2 aliphatic rings. The van der Waals surface area contributed by atoms with Crippen molar-refractivity contribution in [1.29, 1.82) is 0 Å². The molecule has 1 aromatic heterocycles. The van der Waals surface area contributed by atoms with Crippen molar-refractivity contribution in [1.82, 2.24) is 14.5 Å². The predicted molar refractivity (Wildman–Crippen MR) is 100 cm³/mol. The van der Waals surface area contributed by atoms with Gasteiger partial charge >= 0.3 is 0 Å². The van der Waals surface area contributed by atoms with Gasteiger partial charge in [0, 0.05) is 19.0 Å². The van der Waals surface area contributed by atoms with Crippen LogP contribution >= 0.6 is 0 Å². The van der Waals surface area contributed by atoms with Gasteiger partial charge in [0.1, 0.15) is 6.10 Å². The molecule has 1 fully saturated rings. The zero-order valence-electron chi connectivity index (χ0n) is 15.5. The first-order valence-corrected chi connectivity index (χ1v) is 10.6. The minimum Gasteiger partial charge on any atom is -0.422 e. The van der Waals surface area contributed by atoms with Gasteiger partial charge in [-0.05, 0) is 30.0 Å². The van der Waals surface area contributed by atoms with E-state index >= 15 is 0 Å². The van der Waals surface area contributed by atoms with Crippen LogP contribution in [0.3, 0.4) is 0 Å². The Balaban J connectivity index is 1.56. The Labute approximate surface area is 159 Å². The van der Waals surface area contributed by atoms with Gasteiger partial charge < -0.3 is 9.15 Å². The first-order valence-electron chi connectivity index (χ1n) is 9.18. The first-order chi connectivity index (χ1) is 12.9. The number of allylic oxidation sites excluding steroid dienone is 1. The molecular weight excluding hydrogens is 366 g/mol. The number of hydrogen-bond acceptors (Lipinski definition) is 6. The van der Waals surface area contributed by atoms with Crippen molar-refractivity contribution < 1.29 is 17.6 Å². The standard InChI is InChI=1S/C19H23N3O4S/c1-13(2)18-20-21-19(26-18)17-12-22(9-10-25-17)27(23,24)16-8-7-14-5-3-4-6-15(14)11-16/h3-6,11,13,17H,7-10,12H2,1-2H3/t17-/m1/s1. The molecule has 1 aliphatic heterocycles. The van der Waals surface area contributed by atoms with Crippen molar-refractivity contribution in [3.05, 3.63) is 52.1 Å². The number of rotatable bonds is 4. The number of aromatic nitrogens is 2. The minimum absolute atomic E-state index is 0.113.